The highest BCUT2D eigenvalue weighted by atomic mass is 35.5. The summed E-state index contributed by atoms with van der Waals surface area (Å²) in [5.41, 5.74) is 1.73. The lowest BCUT2D eigenvalue weighted by molar-refractivity contribution is 0.388. The molecule has 0 amide bonds. The molecule has 0 aliphatic heterocycles. The molecule has 0 fully saturated rings. The molecule has 1 aromatic heterocycles. The quantitative estimate of drug-likeness (QED) is 0.671. The summed E-state index contributed by atoms with van der Waals surface area (Å²) in [6, 6.07) is 13.9. The second-order valence-corrected chi connectivity index (χ2v) is 6.56. The Hall–Kier alpha value is -2.24. The SMILES string of the molecule is CC(C)[C@@H](NCc1noc(-c2ccccc2Cl)n1)c1ccc(F)cc1. The summed E-state index contributed by atoms with van der Waals surface area (Å²) in [4.78, 5) is 4.40. The molecule has 0 saturated carbocycles. The predicted octanol–water partition coefficient (Wildman–Crippen LogP) is 5.02. The first-order valence-corrected chi connectivity index (χ1v) is 8.48. The van der Waals surface area contributed by atoms with E-state index in [0.29, 0.717) is 34.8 Å². The summed E-state index contributed by atoms with van der Waals surface area (Å²) in [5.74, 6) is 1.02. The zero-order valence-electron chi connectivity index (χ0n) is 14.0. The van der Waals surface area contributed by atoms with Crippen LogP contribution in [0, 0.1) is 11.7 Å². The largest absolute Gasteiger partial charge is 0.334 e. The van der Waals surface area contributed by atoms with E-state index in [1.54, 1.807) is 18.2 Å². The Kier molecular flexibility index (Phi) is 5.46. The van der Waals surface area contributed by atoms with E-state index in [1.807, 2.05) is 18.2 Å². The topological polar surface area (TPSA) is 51.0 Å². The molecule has 25 heavy (non-hydrogen) atoms. The molecule has 0 bridgehead atoms. The van der Waals surface area contributed by atoms with E-state index in [-0.39, 0.29) is 11.9 Å². The van der Waals surface area contributed by atoms with Crippen molar-refractivity contribution in [2.45, 2.75) is 26.4 Å². The highest BCUT2D eigenvalue weighted by Gasteiger charge is 2.17. The van der Waals surface area contributed by atoms with Gasteiger partial charge < -0.3 is 9.84 Å². The number of nitrogens with zero attached hydrogens (tertiary/aromatic N) is 2. The average molecular weight is 360 g/mol. The van der Waals surface area contributed by atoms with Gasteiger partial charge in [-0.05, 0) is 35.7 Å². The van der Waals surface area contributed by atoms with Gasteiger partial charge in [0.15, 0.2) is 5.82 Å². The predicted molar refractivity (Wildman–Crippen MR) is 95.6 cm³/mol. The first kappa shape index (κ1) is 17.6. The Morgan fingerprint density at radius 3 is 2.52 bits per heavy atom. The van der Waals surface area contributed by atoms with Crippen LogP contribution in [0.1, 0.15) is 31.3 Å². The molecule has 4 nitrogen and oxygen atoms in total. The molecule has 130 valence electrons. The van der Waals surface area contributed by atoms with Crippen molar-refractivity contribution >= 4 is 11.6 Å². The normalized spacial score (nSPS) is 12.5. The van der Waals surface area contributed by atoms with Crippen molar-refractivity contribution in [3.05, 3.63) is 70.8 Å². The van der Waals surface area contributed by atoms with E-state index in [0.717, 1.165) is 5.56 Å². The van der Waals surface area contributed by atoms with Crippen LogP contribution in [0.15, 0.2) is 53.1 Å². The molecule has 1 heterocycles. The molecule has 0 radical (unpaired) electrons. The summed E-state index contributed by atoms with van der Waals surface area (Å²) in [6.45, 7) is 4.65. The number of aromatic nitrogens is 2. The van der Waals surface area contributed by atoms with Crippen molar-refractivity contribution in [1.29, 1.82) is 0 Å². The minimum atomic E-state index is -0.242. The lowest BCUT2D eigenvalue weighted by Crippen LogP contribution is -2.25. The summed E-state index contributed by atoms with van der Waals surface area (Å²) in [5, 5.41) is 7.98. The summed E-state index contributed by atoms with van der Waals surface area (Å²) >= 11 is 6.16. The summed E-state index contributed by atoms with van der Waals surface area (Å²) in [7, 11) is 0. The van der Waals surface area contributed by atoms with Crippen LogP contribution in [0.2, 0.25) is 5.02 Å². The van der Waals surface area contributed by atoms with Gasteiger partial charge in [0.1, 0.15) is 5.82 Å². The number of rotatable bonds is 6. The van der Waals surface area contributed by atoms with Gasteiger partial charge in [0.25, 0.3) is 5.89 Å². The van der Waals surface area contributed by atoms with Gasteiger partial charge in [-0.25, -0.2) is 4.39 Å². The zero-order chi connectivity index (χ0) is 17.8. The molecule has 0 saturated heterocycles. The molecular weight excluding hydrogens is 341 g/mol. The van der Waals surface area contributed by atoms with Gasteiger partial charge in [0, 0.05) is 6.04 Å². The van der Waals surface area contributed by atoms with Gasteiger partial charge in [-0.3, -0.25) is 0 Å². The van der Waals surface area contributed by atoms with Crippen LogP contribution in [0.25, 0.3) is 11.5 Å². The number of halogens is 2. The highest BCUT2D eigenvalue weighted by Crippen LogP contribution is 2.26. The highest BCUT2D eigenvalue weighted by molar-refractivity contribution is 6.33. The van der Waals surface area contributed by atoms with Crippen LogP contribution in [-0.4, -0.2) is 10.1 Å². The maximum absolute atomic E-state index is 13.1. The molecule has 0 unspecified atom stereocenters. The van der Waals surface area contributed by atoms with Crippen molar-refractivity contribution in [2.75, 3.05) is 0 Å². The molecule has 3 rings (SSSR count). The van der Waals surface area contributed by atoms with Crippen LogP contribution in [0.3, 0.4) is 0 Å². The van der Waals surface area contributed by atoms with Gasteiger partial charge >= 0.3 is 0 Å². The van der Waals surface area contributed by atoms with Crippen molar-refractivity contribution in [2.24, 2.45) is 5.92 Å². The second-order valence-electron chi connectivity index (χ2n) is 6.15. The Balaban J connectivity index is 1.72. The van der Waals surface area contributed by atoms with Gasteiger partial charge in [0.2, 0.25) is 0 Å². The lowest BCUT2D eigenvalue weighted by Gasteiger charge is -2.22. The van der Waals surface area contributed by atoms with Crippen molar-refractivity contribution in [3.63, 3.8) is 0 Å². The van der Waals surface area contributed by atoms with Gasteiger partial charge in [-0.1, -0.05) is 54.9 Å². The van der Waals surface area contributed by atoms with E-state index < -0.39 is 0 Å². The van der Waals surface area contributed by atoms with E-state index in [1.165, 1.54) is 12.1 Å². The van der Waals surface area contributed by atoms with Crippen LogP contribution in [0.5, 0.6) is 0 Å². The standard InChI is InChI=1S/C19H19ClFN3O/c1-12(2)18(13-7-9-14(21)10-8-13)22-11-17-23-19(25-24-17)15-5-3-4-6-16(15)20/h3-10,12,18,22H,11H2,1-2H3/t18-/m1/s1. The zero-order valence-corrected chi connectivity index (χ0v) is 14.8. The fourth-order valence-corrected chi connectivity index (χ4v) is 2.90. The van der Waals surface area contributed by atoms with Gasteiger partial charge in [-0.15, -0.1) is 0 Å². The molecule has 6 heteroatoms. The van der Waals surface area contributed by atoms with E-state index in [2.05, 4.69) is 29.3 Å². The third-order valence-electron chi connectivity index (χ3n) is 3.95. The Labute approximate surface area is 151 Å². The van der Waals surface area contributed by atoms with Gasteiger partial charge in [0.05, 0.1) is 17.1 Å². The third-order valence-corrected chi connectivity index (χ3v) is 4.28. The number of hydrogen-bond donors (Lipinski definition) is 1. The number of nitrogens with one attached hydrogen (secondary N) is 1. The average Bonchev–Trinajstić information content (AvgIpc) is 3.05. The molecule has 0 aliphatic carbocycles. The Morgan fingerprint density at radius 2 is 1.84 bits per heavy atom. The van der Waals surface area contributed by atoms with Crippen LogP contribution < -0.4 is 5.32 Å². The summed E-state index contributed by atoms with van der Waals surface area (Å²) in [6.07, 6.45) is 0. The van der Waals surface area contributed by atoms with Crippen LogP contribution in [-0.2, 0) is 6.54 Å². The minimum absolute atomic E-state index is 0.0582. The smallest absolute Gasteiger partial charge is 0.259 e. The monoisotopic (exact) mass is 359 g/mol. The molecular formula is C19H19ClFN3O. The first-order valence-electron chi connectivity index (χ1n) is 8.11. The third kappa shape index (κ3) is 4.24. The molecule has 0 spiro atoms. The van der Waals surface area contributed by atoms with E-state index in [9.17, 15) is 4.39 Å². The Bertz CT molecular complexity index is 833. The molecule has 3 aromatic rings. The summed E-state index contributed by atoms with van der Waals surface area (Å²) < 4.78 is 18.4. The van der Waals surface area contributed by atoms with Crippen molar-refractivity contribution < 1.29 is 8.91 Å². The molecule has 0 aliphatic rings. The first-order chi connectivity index (χ1) is 12.0. The number of benzene rings is 2. The fraction of sp³-hybridized carbons (Fsp3) is 0.263. The maximum atomic E-state index is 13.1. The van der Waals surface area contributed by atoms with E-state index in [4.69, 9.17) is 16.1 Å². The fourth-order valence-electron chi connectivity index (χ4n) is 2.68. The van der Waals surface area contributed by atoms with Crippen molar-refractivity contribution in [1.82, 2.24) is 15.5 Å². The number of hydrogen-bond acceptors (Lipinski definition) is 4. The Morgan fingerprint density at radius 1 is 1.12 bits per heavy atom. The molecule has 2 aromatic carbocycles. The van der Waals surface area contributed by atoms with E-state index >= 15 is 0 Å². The maximum Gasteiger partial charge on any atom is 0.259 e. The van der Waals surface area contributed by atoms with Gasteiger partial charge in [-0.2, -0.15) is 4.98 Å². The van der Waals surface area contributed by atoms with Crippen molar-refractivity contribution in [3.8, 4) is 11.5 Å². The minimum Gasteiger partial charge on any atom is -0.334 e. The lowest BCUT2D eigenvalue weighted by atomic mass is 9.96. The van der Waals surface area contributed by atoms with Crippen LogP contribution >= 0.6 is 11.6 Å². The molecule has 1 N–H and O–H groups in total. The second kappa shape index (κ2) is 7.76. The van der Waals surface area contributed by atoms with Crippen LogP contribution in [0.4, 0.5) is 4.39 Å². The molecule has 1 atom stereocenters.